The first kappa shape index (κ1) is 22.4. The van der Waals surface area contributed by atoms with E-state index in [0.717, 1.165) is 36.8 Å². The van der Waals surface area contributed by atoms with Gasteiger partial charge in [0.2, 0.25) is 11.8 Å². The van der Waals surface area contributed by atoms with Crippen LogP contribution in [0.25, 0.3) is 0 Å². The Morgan fingerprint density at radius 2 is 1.81 bits per heavy atom. The highest BCUT2D eigenvalue weighted by atomic mass is 16.5. The van der Waals surface area contributed by atoms with E-state index < -0.39 is 0 Å². The Hall–Kier alpha value is -2.80. The van der Waals surface area contributed by atoms with Crippen LogP contribution in [0.1, 0.15) is 49.7 Å². The Morgan fingerprint density at radius 3 is 2.56 bits per heavy atom. The van der Waals surface area contributed by atoms with Gasteiger partial charge in [-0.05, 0) is 48.6 Å². The Balaban J connectivity index is 1.44. The average Bonchev–Trinajstić information content (AvgIpc) is 3.02. The van der Waals surface area contributed by atoms with E-state index in [2.05, 4.69) is 9.97 Å². The van der Waals surface area contributed by atoms with Gasteiger partial charge < -0.3 is 14.5 Å². The minimum atomic E-state index is -0.209. The zero-order chi connectivity index (χ0) is 22.2. The second-order valence-electron chi connectivity index (χ2n) is 8.76. The van der Waals surface area contributed by atoms with Crippen LogP contribution in [0.2, 0.25) is 0 Å². The van der Waals surface area contributed by atoms with E-state index in [1.807, 2.05) is 29.2 Å². The summed E-state index contributed by atoms with van der Waals surface area (Å²) in [6.45, 7) is 1.56. The number of hydrogen-bond acceptors (Lipinski definition) is 5. The van der Waals surface area contributed by atoms with Gasteiger partial charge in [0.25, 0.3) is 0 Å². The molecule has 0 aromatic carbocycles. The molecule has 1 atom stereocenters. The molecule has 7 nitrogen and oxygen atoms in total. The minimum absolute atomic E-state index is 0.00907. The van der Waals surface area contributed by atoms with E-state index in [4.69, 9.17) is 4.74 Å². The zero-order valence-electron chi connectivity index (χ0n) is 18.6. The molecule has 0 bridgehead atoms. The maximum Gasteiger partial charge on any atom is 0.242 e. The van der Waals surface area contributed by atoms with Crippen molar-refractivity contribution in [2.24, 2.45) is 0 Å². The zero-order valence-corrected chi connectivity index (χ0v) is 18.6. The van der Waals surface area contributed by atoms with Crippen LogP contribution in [-0.2, 0) is 27.4 Å². The van der Waals surface area contributed by atoms with Gasteiger partial charge >= 0.3 is 0 Å². The third-order valence-electron chi connectivity index (χ3n) is 6.42. The molecular formula is C25H32N4O3. The van der Waals surface area contributed by atoms with Crippen molar-refractivity contribution in [1.82, 2.24) is 19.8 Å². The minimum Gasteiger partial charge on any atom is -0.370 e. The van der Waals surface area contributed by atoms with E-state index in [1.165, 1.54) is 6.42 Å². The predicted octanol–water partition coefficient (Wildman–Crippen LogP) is 3.00. The molecular weight excluding hydrogens is 404 g/mol. The summed E-state index contributed by atoms with van der Waals surface area (Å²) in [7, 11) is 0. The normalized spacial score (nSPS) is 20.2. The summed E-state index contributed by atoms with van der Waals surface area (Å²) in [5.74, 6) is 0.0341. The maximum absolute atomic E-state index is 13.2. The van der Waals surface area contributed by atoms with Crippen molar-refractivity contribution in [1.29, 1.82) is 0 Å². The number of nitrogens with zero attached hydrogens (tertiary/aromatic N) is 4. The lowest BCUT2D eigenvalue weighted by atomic mass is 9.94. The lowest BCUT2D eigenvalue weighted by Gasteiger charge is -2.34. The summed E-state index contributed by atoms with van der Waals surface area (Å²) in [4.78, 5) is 38.1. The average molecular weight is 437 g/mol. The van der Waals surface area contributed by atoms with Gasteiger partial charge in [-0.3, -0.25) is 19.6 Å². The molecule has 2 aromatic rings. The van der Waals surface area contributed by atoms with Crippen LogP contribution in [-0.4, -0.2) is 63.4 Å². The second-order valence-corrected chi connectivity index (χ2v) is 8.76. The Bertz CT molecular complexity index is 871. The molecule has 2 aliphatic rings. The molecule has 1 aliphatic heterocycles. The third kappa shape index (κ3) is 6.13. The number of aryl methyl sites for hydroxylation is 1. The van der Waals surface area contributed by atoms with Crippen LogP contribution in [0, 0.1) is 0 Å². The molecule has 1 aliphatic carbocycles. The molecule has 4 rings (SSSR count). The first-order chi connectivity index (χ1) is 15.7. The van der Waals surface area contributed by atoms with Crippen molar-refractivity contribution in [3.63, 3.8) is 0 Å². The lowest BCUT2D eigenvalue weighted by molar-refractivity contribution is -0.140. The molecule has 32 heavy (non-hydrogen) atoms. The number of ether oxygens (including phenoxy) is 1. The largest absolute Gasteiger partial charge is 0.370 e. The molecule has 3 heterocycles. The topological polar surface area (TPSA) is 75.6 Å². The molecule has 2 fully saturated rings. The standard InChI is InChI=1S/C25H32N4O3/c30-24(9-8-20-5-4-12-27-15-20)28-16-23(32-19-21-10-13-26-14-11-21)17-29(25(31)18-28)22-6-2-1-3-7-22/h4-5,10-15,22-23H,1-3,6-9,16-19H2. The number of rotatable bonds is 7. The Morgan fingerprint density at radius 1 is 1.00 bits per heavy atom. The van der Waals surface area contributed by atoms with Crippen LogP contribution in [0.4, 0.5) is 0 Å². The van der Waals surface area contributed by atoms with Crippen molar-refractivity contribution in [2.45, 2.75) is 63.7 Å². The number of pyridine rings is 2. The van der Waals surface area contributed by atoms with E-state index in [-0.39, 0.29) is 30.5 Å². The molecule has 170 valence electrons. The van der Waals surface area contributed by atoms with Crippen molar-refractivity contribution in [3.05, 3.63) is 60.2 Å². The predicted molar refractivity (Wildman–Crippen MR) is 121 cm³/mol. The van der Waals surface area contributed by atoms with Crippen molar-refractivity contribution in [2.75, 3.05) is 19.6 Å². The van der Waals surface area contributed by atoms with Gasteiger partial charge in [0.05, 0.1) is 19.3 Å². The summed E-state index contributed by atoms with van der Waals surface area (Å²) in [5.41, 5.74) is 2.06. The molecule has 2 amide bonds. The Labute approximate surface area is 189 Å². The fraction of sp³-hybridized carbons (Fsp3) is 0.520. The third-order valence-corrected chi connectivity index (χ3v) is 6.42. The molecule has 0 N–H and O–H groups in total. The van der Waals surface area contributed by atoms with Crippen LogP contribution in [0.15, 0.2) is 49.1 Å². The maximum atomic E-state index is 13.2. The number of carbonyl (C=O) groups is 2. The number of aromatic nitrogens is 2. The van der Waals surface area contributed by atoms with E-state index in [1.54, 1.807) is 29.7 Å². The van der Waals surface area contributed by atoms with Crippen molar-refractivity contribution < 1.29 is 14.3 Å². The van der Waals surface area contributed by atoms with Gasteiger partial charge in [0.1, 0.15) is 0 Å². The van der Waals surface area contributed by atoms with E-state index >= 15 is 0 Å². The summed E-state index contributed by atoms with van der Waals surface area (Å²) in [6, 6.07) is 7.96. The SMILES string of the molecule is O=C(CCc1cccnc1)N1CC(=O)N(C2CCCCC2)CC(OCc2ccncc2)C1. The molecule has 1 saturated heterocycles. The number of hydrogen-bond donors (Lipinski definition) is 0. The monoisotopic (exact) mass is 436 g/mol. The first-order valence-electron chi connectivity index (χ1n) is 11.7. The first-order valence-corrected chi connectivity index (χ1v) is 11.7. The second kappa shape index (κ2) is 11.2. The van der Waals surface area contributed by atoms with Gasteiger partial charge in [-0.1, -0.05) is 25.3 Å². The van der Waals surface area contributed by atoms with Gasteiger partial charge in [-0.2, -0.15) is 0 Å². The fourth-order valence-corrected chi connectivity index (χ4v) is 4.63. The van der Waals surface area contributed by atoms with Crippen LogP contribution in [0.5, 0.6) is 0 Å². The van der Waals surface area contributed by atoms with Crippen LogP contribution < -0.4 is 0 Å². The fourth-order valence-electron chi connectivity index (χ4n) is 4.63. The van der Waals surface area contributed by atoms with Crippen molar-refractivity contribution >= 4 is 11.8 Å². The molecule has 1 saturated carbocycles. The van der Waals surface area contributed by atoms with Crippen molar-refractivity contribution in [3.8, 4) is 0 Å². The summed E-state index contributed by atoms with van der Waals surface area (Å²) in [6.07, 6.45) is 13.4. The number of amides is 2. The quantitative estimate of drug-likeness (QED) is 0.667. The van der Waals surface area contributed by atoms with Crippen LogP contribution in [0.3, 0.4) is 0 Å². The number of carbonyl (C=O) groups excluding carboxylic acids is 2. The summed E-state index contributed by atoms with van der Waals surface area (Å²) < 4.78 is 6.24. The van der Waals surface area contributed by atoms with Gasteiger partial charge in [0.15, 0.2) is 0 Å². The van der Waals surface area contributed by atoms with E-state index in [0.29, 0.717) is 32.5 Å². The summed E-state index contributed by atoms with van der Waals surface area (Å²) in [5, 5.41) is 0. The Kier molecular flexibility index (Phi) is 7.82. The van der Waals surface area contributed by atoms with Gasteiger partial charge in [-0.15, -0.1) is 0 Å². The van der Waals surface area contributed by atoms with Gasteiger partial charge in [-0.25, -0.2) is 0 Å². The molecule has 7 heteroatoms. The molecule has 2 aromatic heterocycles. The molecule has 1 unspecified atom stereocenters. The highest BCUT2D eigenvalue weighted by molar-refractivity contribution is 5.85. The highest BCUT2D eigenvalue weighted by Crippen LogP contribution is 2.25. The lowest BCUT2D eigenvalue weighted by Crippen LogP contribution is -2.46. The highest BCUT2D eigenvalue weighted by Gasteiger charge is 2.34. The summed E-state index contributed by atoms with van der Waals surface area (Å²) >= 11 is 0. The van der Waals surface area contributed by atoms with E-state index in [9.17, 15) is 9.59 Å². The molecule has 0 spiro atoms. The molecule has 0 radical (unpaired) electrons. The smallest absolute Gasteiger partial charge is 0.242 e. The van der Waals surface area contributed by atoms with Gasteiger partial charge in [0, 0.05) is 50.3 Å². The van der Waals surface area contributed by atoms with Crippen LogP contribution >= 0.6 is 0 Å².